The van der Waals surface area contributed by atoms with Gasteiger partial charge in [0.25, 0.3) is 0 Å². The maximum absolute atomic E-state index is 4.64. The molecule has 2 N–H and O–H groups in total. The van der Waals surface area contributed by atoms with Crippen molar-refractivity contribution in [2.45, 2.75) is 46.1 Å². The fourth-order valence-electron chi connectivity index (χ4n) is 2.87. The summed E-state index contributed by atoms with van der Waals surface area (Å²) in [6.07, 6.45) is 2.70. The zero-order valence-electron chi connectivity index (χ0n) is 14.9. The number of piperidine rings is 1. The van der Waals surface area contributed by atoms with Crippen LogP contribution in [0.3, 0.4) is 0 Å². The van der Waals surface area contributed by atoms with E-state index in [1.807, 2.05) is 7.05 Å². The Balaban J connectivity index is 1.68. The van der Waals surface area contributed by atoms with Crippen LogP contribution < -0.4 is 10.6 Å². The second kappa shape index (κ2) is 9.23. The van der Waals surface area contributed by atoms with Crippen molar-refractivity contribution in [3.05, 3.63) is 16.1 Å². The van der Waals surface area contributed by atoms with Crippen LogP contribution in [-0.2, 0) is 6.54 Å². The molecule has 5 nitrogen and oxygen atoms in total. The van der Waals surface area contributed by atoms with Crippen molar-refractivity contribution in [1.82, 2.24) is 20.5 Å². The Labute approximate surface area is 144 Å². The summed E-state index contributed by atoms with van der Waals surface area (Å²) in [6.45, 7) is 11.9. The van der Waals surface area contributed by atoms with E-state index in [1.54, 1.807) is 11.3 Å². The molecule has 0 aromatic carbocycles. The van der Waals surface area contributed by atoms with Crippen molar-refractivity contribution in [3.63, 3.8) is 0 Å². The van der Waals surface area contributed by atoms with Crippen LogP contribution in [0.15, 0.2) is 10.4 Å². The van der Waals surface area contributed by atoms with Gasteiger partial charge >= 0.3 is 0 Å². The molecule has 1 unspecified atom stereocenters. The van der Waals surface area contributed by atoms with Gasteiger partial charge in [-0.2, -0.15) is 0 Å². The smallest absolute Gasteiger partial charge is 0.191 e. The normalized spacial score (nSPS) is 20.0. The van der Waals surface area contributed by atoms with Gasteiger partial charge in [-0.15, -0.1) is 11.3 Å². The third kappa shape index (κ3) is 6.11. The van der Waals surface area contributed by atoms with E-state index in [0.717, 1.165) is 36.5 Å². The molecule has 0 saturated carbocycles. The standard InChI is InChI=1S/C17H31N5S/c1-13(2)15-12-23-16(21-15)10-20-17(18-4)19-7-9-22-8-5-6-14(3)11-22/h12-14H,5-11H2,1-4H3,(H2,18,19,20). The number of likely N-dealkylation sites (tertiary alicyclic amines) is 1. The first kappa shape index (κ1) is 18.2. The lowest BCUT2D eigenvalue weighted by Crippen LogP contribution is -2.43. The number of thiazole rings is 1. The Kier molecular flexibility index (Phi) is 7.30. The van der Waals surface area contributed by atoms with Gasteiger partial charge in [-0.1, -0.05) is 20.8 Å². The van der Waals surface area contributed by atoms with E-state index >= 15 is 0 Å². The second-order valence-electron chi connectivity index (χ2n) is 6.72. The summed E-state index contributed by atoms with van der Waals surface area (Å²) in [7, 11) is 1.82. The molecule has 0 amide bonds. The van der Waals surface area contributed by atoms with Gasteiger partial charge in [-0.05, 0) is 31.2 Å². The highest BCUT2D eigenvalue weighted by Crippen LogP contribution is 2.17. The zero-order chi connectivity index (χ0) is 16.7. The molecule has 1 aliphatic heterocycles. The van der Waals surface area contributed by atoms with E-state index in [2.05, 4.69) is 51.7 Å². The summed E-state index contributed by atoms with van der Waals surface area (Å²) >= 11 is 1.71. The molecule has 130 valence electrons. The van der Waals surface area contributed by atoms with Gasteiger partial charge < -0.3 is 15.5 Å². The van der Waals surface area contributed by atoms with Crippen molar-refractivity contribution in [2.75, 3.05) is 33.2 Å². The van der Waals surface area contributed by atoms with Crippen LogP contribution >= 0.6 is 11.3 Å². The molecule has 0 bridgehead atoms. The molecule has 2 heterocycles. The van der Waals surface area contributed by atoms with E-state index in [-0.39, 0.29) is 0 Å². The molecule has 1 aliphatic rings. The molecule has 1 atom stereocenters. The number of hydrogen-bond donors (Lipinski definition) is 2. The van der Waals surface area contributed by atoms with Crippen molar-refractivity contribution in [1.29, 1.82) is 0 Å². The van der Waals surface area contributed by atoms with Crippen LogP contribution in [0, 0.1) is 5.92 Å². The minimum absolute atomic E-state index is 0.490. The van der Waals surface area contributed by atoms with E-state index in [0.29, 0.717) is 5.92 Å². The SMILES string of the molecule is CN=C(NCCN1CCCC(C)C1)NCc1nc(C(C)C)cs1. The molecule has 6 heteroatoms. The highest BCUT2D eigenvalue weighted by atomic mass is 32.1. The maximum atomic E-state index is 4.64. The quantitative estimate of drug-likeness (QED) is 0.619. The molecule has 23 heavy (non-hydrogen) atoms. The van der Waals surface area contributed by atoms with E-state index in [4.69, 9.17) is 0 Å². The Bertz CT molecular complexity index is 497. The molecule has 2 rings (SSSR count). The van der Waals surface area contributed by atoms with Crippen LogP contribution in [0.4, 0.5) is 0 Å². The maximum Gasteiger partial charge on any atom is 0.191 e. The molecule has 0 radical (unpaired) electrons. The predicted molar refractivity (Wildman–Crippen MR) is 99.2 cm³/mol. The molecule has 1 saturated heterocycles. The minimum Gasteiger partial charge on any atom is -0.355 e. The van der Waals surface area contributed by atoms with Gasteiger partial charge in [0.15, 0.2) is 5.96 Å². The Hall–Kier alpha value is -1.14. The number of hydrogen-bond acceptors (Lipinski definition) is 4. The number of aromatic nitrogens is 1. The van der Waals surface area contributed by atoms with Crippen molar-refractivity contribution >= 4 is 17.3 Å². The first-order valence-corrected chi connectivity index (χ1v) is 9.57. The highest BCUT2D eigenvalue weighted by molar-refractivity contribution is 7.09. The summed E-state index contributed by atoms with van der Waals surface area (Å²) in [4.78, 5) is 11.5. The lowest BCUT2D eigenvalue weighted by molar-refractivity contribution is 0.187. The van der Waals surface area contributed by atoms with Gasteiger partial charge in [0, 0.05) is 32.1 Å². The molecule has 1 fully saturated rings. The van der Waals surface area contributed by atoms with Gasteiger partial charge in [0.2, 0.25) is 0 Å². The third-order valence-corrected chi connectivity index (χ3v) is 5.12. The van der Waals surface area contributed by atoms with Gasteiger partial charge in [-0.3, -0.25) is 4.99 Å². The van der Waals surface area contributed by atoms with Crippen LogP contribution in [-0.4, -0.2) is 49.1 Å². The van der Waals surface area contributed by atoms with Crippen molar-refractivity contribution in [2.24, 2.45) is 10.9 Å². The van der Waals surface area contributed by atoms with Crippen LogP contribution in [0.2, 0.25) is 0 Å². The number of aliphatic imine (C=N–C) groups is 1. The molecule has 0 aliphatic carbocycles. The van der Waals surface area contributed by atoms with Crippen LogP contribution in [0.1, 0.15) is 50.2 Å². The van der Waals surface area contributed by atoms with Gasteiger partial charge in [-0.25, -0.2) is 4.98 Å². The highest BCUT2D eigenvalue weighted by Gasteiger charge is 2.15. The summed E-state index contributed by atoms with van der Waals surface area (Å²) in [5.74, 6) is 2.18. The molecule has 0 spiro atoms. The molecular weight excluding hydrogens is 306 g/mol. The van der Waals surface area contributed by atoms with Crippen LogP contribution in [0.25, 0.3) is 0 Å². The first-order chi connectivity index (χ1) is 11.1. The van der Waals surface area contributed by atoms with Gasteiger partial charge in [0.1, 0.15) is 5.01 Å². The summed E-state index contributed by atoms with van der Waals surface area (Å²) in [6, 6.07) is 0. The van der Waals surface area contributed by atoms with Gasteiger partial charge in [0.05, 0.1) is 12.2 Å². The zero-order valence-corrected chi connectivity index (χ0v) is 15.7. The minimum atomic E-state index is 0.490. The average molecular weight is 338 g/mol. The molecule has 1 aromatic heterocycles. The summed E-state index contributed by atoms with van der Waals surface area (Å²) < 4.78 is 0. The Morgan fingerprint density at radius 3 is 2.96 bits per heavy atom. The fourth-order valence-corrected chi connectivity index (χ4v) is 3.77. The number of nitrogens with one attached hydrogen (secondary N) is 2. The van der Waals surface area contributed by atoms with E-state index < -0.39 is 0 Å². The summed E-state index contributed by atoms with van der Waals surface area (Å²) in [5.41, 5.74) is 1.17. The van der Waals surface area contributed by atoms with E-state index in [9.17, 15) is 0 Å². The number of guanidine groups is 1. The first-order valence-electron chi connectivity index (χ1n) is 8.69. The van der Waals surface area contributed by atoms with E-state index in [1.165, 1.54) is 31.6 Å². The number of nitrogens with zero attached hydrogens (tertiary/aromatic N) is 3. The predicted octanol–water partition coefficient (Wildman–Crippen LogP) is 2.66. The third-order valence-electron chi connectivity index (χ3n) is 4.25. The fraction of sp³-hybridized carbons (Fsp3) is 0.765. The van der Waals surface area contributed by atoms with Crippen molar-refractivity contribution in [3.8, 4) is 0 Å². The number of rotatable bonds is 6. The Morgan fingerprint density at radius 1 is 1.48 bits per heavy atom. The largest absolute Gasteiger partial charge is 0.355 e. The van der Waals surface area contributed by atoms with Crippen molar-refractivity contribution < 1.29 is 0 Å². The topological polar surface area (TPSA) is 52.6 Å². The lowest BCUT2D eigenvalue weighted by Gasteiger charge is -2.30. The molecular formula is C17H31N5S. The Morgan fingerprint density at radius 2 is 2.30 bits per heavy atom. The van der Waals surface area contributed by atoms with Crippen LogP contribution in [0.5, 0.6) is 0 Å². The lowest BCUT2D eigenvalue weighted by atomic mass is 10.0. The molecule has 1 aromatic rings. The second-order valence-corrected chi connectivity index (χ2v) is 7.66. The average Bonchev–Trinajstić information content (AvgIpc) is 3.00. The summed E-state index contributed by atoms with van der Waals surface area (Å²) in [5, 5.41) is 10.0. The monoisotopic (exact) mass is 337 g/mol.